The molecular weight excluding hydrogens is 181 g/mol. The number of anilines is 1. The van der Waals surface area contributed by atoms with Crippen molar-refractivity contribution in [2.45, 2.75) is 6.92 Å². The molecule has 1 aromatic carbocycles. The molecule has 0 aromatic heterocycles. The molecule has 3 heteroatoms. The Bertz CT molecular complexity index is 323. The number of hydrogen-bond donors (Lipinski definition) is 1. The van der Waals surface area contributed by atoms with Gasteiger partial charge in [0.05, 0.1) is 5.69 Å². The maximum Gasteiger partial charge on any atom is 0.188 e. The van der Waals surface area contributed by atoms with Gasteiger partial charge in [0, 0.05) is 7.05 Å². The first-order valence-corrected chi connectivity index (χ1v) is 4.49. The van der Waals surface area contributed by atoms with E-state index in [1.807, 2.05) is 19.1 Å². The number of nitrogens with one attached hydrogen (secondary N) is 1. The van der Waals surface area contributed by atoms with E-state index in [0.29, 0.717) is 12.3 Å². The molecule has 0 fully saturated rings. The Morgan fingerprint density at radius 1 is 1.50 bits per heavy atom. The average Bonchev–Trinajstić information content (AvgIpc) is 2.21. The lowest BCUT2D eigenvalue weighted by Gasteiger charge is -2.07. The Hall–Kier alpha value is -1.51. The van der Waals surface area contributed by atoms with Crippen LogP contribution < -0.4 is 10.1 Å². The van der Waals surface area contributed by atoms with Crippen molar-refractivity contribution in [3.8, 4) is 5.75 Å². The van der Waals surface area contributed by atoms with E-state index < -0.39 is 0 Å². The fraction of sp³-hybridized carbons (Fsp3) is 0.273. The van der Waals surface area contributed by atoms with E-state index in [0.717, 1.165) is 0 Å². The summed E-state index contributed by atoms with van der Waals surface area (Å²) in [6, 6.07) is 5.03. The highest BCUT2D eigenvalue weighted by Gasteiger charge is 2.06. The topological polar surface area (TPSA) is 21.3 Å². The van der Waals surface area contributed by atoms with Gasteiger partial charge in [-0.05, 0) is 19.1 Å². The molecule has 76 valence electrons. The molecule has 0 radical (unpaired) electrons. The van der Waals surface area contributed by atoms with Crippen LogP contribution in [0.2, 0.25) is 0 Å². The van der Waals surface area contributed by atoms with Gasteiger partial charge in [0.2, 0.25) is 0 Å². The summed E-state index contributed by atoms with van der Waals surface area (Å²) in [5, 5.41) is 2.75. The summed E-state index contributed by atoms with van der Waals surface area (Å²) in [5.41, 5.74) is 0.447. The number of benzene rings is 1. The molecule has 1 rings (SSSR count). The van der Waals surface area contributed by atoms with E-state index in [1.54, 1.807) is 25.2 Å². The second kappa shape index (κ2) is 5.27. The second-order valence-electron chi connectivity index (χ2n) is 2.75. The van der Waals surface area contributed by atoms with Crippen LogP contribution in [0.4, 0.5) is 10.1 Å². The number of ether oxygens (including phenoxy) is 1. The summed E-state index contributed by atoms with van der Waals surface area (Å²) in [7, 11) is 1.67. The molecule has 0 atom stereocenters. The van der Waals surface area contributed by atoms with E-state index in [9.17, 15) is 4.39 Å². The van der Waals surface area contributed by atoms with Gasteiger partial charge in [-0.3, -0.25) is 0 Å². The van der Waals surface area contributed by atoms with Crippen molar-refractivity contribution in [1.29, 1.82) is 0 Å². The summed E-state index contributed by atoms with van der Waals surface area (Å²) in [6.45, 7) is 2.28. The van der Waals surface area contributed by atoms with Crippen molar-refractivity contribution < 1.29 is 9.13 Å². The van der Waals surface area contributed by atoms with Crippen LogP contribution in [0.15, 0.2) is 30.4 Å². The summed E-state index contributed by atoms with van der Waals surface area (Å²) in [6.07, 6.45) is 3.69. The zero-order valence-corrected chi connectivity index (χ0v) is 8.38. The molecular formula is C11H14FNO. The van der Waals surface area contributed by atoms with Crippen LogP contribution in [-0.2, 0) is 0 Å². The lowest BCUT2D eigenvalue weighted by molar-refractivity contribution is 0.342. The van der Waals surface area contributed by atoms with Gasteiger partial charge in [-0.15, -0.1) is 0 Å². The summed E-state index contributed by atoms with van der Waals surface area (Å²) in [4.78, 5) is 0. The van der Waals surface area contributed by atoms with Gasteiger partial charge in [0.15, 0.2) is 11.6 Å². The largest absolute Gasteiger partial charge is 0.486 e. The van der Waals surface area contributed by atoms with E-state index in [1.165, 1.54) is 0 Å². The van der Waals surface area contributed by atoms with Crippen LogP contribution in [0.25, 0.3) is 0 Å². The molecule has 2 nitrogen and oxygen atoms in total. The van der Waals surface area contributed by atoms with Crippen LogP contribution in [0, 0.1) is 5.82 Å². The molecule has 0 saturated carbocycles. The highest BCUT2D eigenvalue weighted by molar-refractivity contribution is 5.49. The number of allylic oxidation sites excluding steroid dienone is 1. The van der Waals surface area contributed by atoms with Gasteiger partial charge >= 0.3 is 0 Å². The Balaban J connectivity index is 2.76. The lowest BCUT2D eigenvalue weighted by atomic mass is 10.3. The SMILES string of the molecule is CC=CCOc1cccc(NC)c1F. The maximum atomic E-state index is 13.5. The Labute approximate surface area is 83.4 Å². The maximum absolute atomic E-state index is 13.5. The van der Waals surface area contributed by atoms with Crippen molar-refractivity contribution in [3.05, 3.63) is 36.2 Å². The van der Waals surface area contributed by atoms with Crippen LogP contribution in [-0.4, -0.2) is 13.7 Å². The minimum absolute atomic E-state index is 0.273. The normalized spacial score (nSPS) is 10.5. The molecule has 0 spiro atoms. The first kappa shape index (κ1) is 10.6. The van der Waals surface area contributed by atoms with E-state index in [-0.39, 0.29) is 11.6 Å². The highest BCUT2D eigenvalue weighted by atomic mass is 19.1. The zero-order valence-electron chi connectivity index (χ0n) is 8.38. The third kappa shape index (κ3) is 2.49. The van der Waals surface area contributed by atoms with Gasteiger partial charge in [0.25, 0.3) is 0 Å². The first-order chi connectivity index (χ1) is 6.79. The molecule has 0 aliphatic heterocycles. The van der Waals surface area contributed by atoms with Crippen molar-refractivity contribution in [1.82, 2.24) is 0 Å². The van der Waals surface area contributed by atoms with Gasteiger partial charge in [-0.1, -0.05) is 18.2 Å². The van der Waals surface area contributed by atoms with E-state index in [2.05, 4.69) is 5.32 Å². The summed E-state index contributed by atoms with van der Waals surface area (Å²) in [5.74, 6) is -0.0746. The smallest absolute Gasteiger partial charge is 0.188 e. The molecule has 0 amide bonds. The van der Waals surface area contributed by atoms with Gasteiger partial charge in [-0.2, -0.15) is 0 Å². The van der Waals surface area contributed by atoms with Crippen molar-refractivity contribution >= 4 is 5.69 Å². The molecule has 0 saturated heterocycles. The first-order valence-electron chi connectivity index (χ1n) is 4.49. The molecule has 0 heterocycles. The minimum Gasteiger partial charge on any atom is -0.486 e. The molecule has 0 aliphatic rings. The van der Waals surface area contributed by atoms with E-state index in [4.69, 9.17) is 4.74 Å². The minimum atomic E-state index is -0.348. The van der Waals surface area contributed by atoms with Gasteiger partial charge in [0.1, 0.15) is 6.61 Å². The third-order valence-electron chi connectivity index (χ3n) is 1.80. The molecule has 1 N–H and O–H groups in total. The fourth-order valence-electron chi connectivity index (χ4n) is 1.05. The standard InChI is InChI=1S/C11H14FNO/c1-3-4-8-14-10-7-5-6-9(13-2)11(10)12/h3-7,13H,8H2,1-2H3. The van der Waals surface area contributed by atoms with Crippen molar-refractivity contribution in [2.75, 3.05) is 19.0 Å². The number of rotatable bonds is 4. The fourth-order valence-corrected chi connectivity index (χ4v) is 1.05. The van der Waals surface area contributed by atoms with Crippen molar-refractivity contribution in [2.24, 2.45) is 0 Å². The Morgan fingerprint density at radius 3 is 2.93 bits per heavy atom. The Morgan fingerprint density at radius 2 is 2.29 bits per heavy atom. The highest BCUT2D eigenvalue weighted by Crippen LogP contribution is 2.23. The number of halogens is 1. The quantitative estimate of drug-likeness (QED) is 0.746. The van der Waals surface area contributed by atoms with Crippen LogP contribution in [0.1, 0.15) is 6.92 Å². The lowest BCUT2D eigenvalue weighted by Crippen LogP contribution is -1.99. The molecule has 0 aliphatic carbocycles. The van der Waals surface area contributed by atoms with Crippen LogP contribution in [0.5, 0.6) is 5.75 Å². The average molecular weight is 195 g/mol. The Kier molecular flexibility index (Phi) is 3.98. The van der Waals surface area contributed by atoms with Crippen LogP contribution in [0.3, 0.4) is 0 Å². The predicted molar refractivity (Wildman–Crippen MR) is 56.3 cm³/mol. The molecule has 0 unspecified atom stereocenters. The second-order valence-corrected chi connectivity index (χ2v) is 2.75. The number of hydrogen-bond acceptors (Lipinski definition) is 2. The van der Waals surface area contributed by atoms with Gasteiger partial charge < -0.3 is 10.1 Å². The molecule has 0 bridgehead atoms. The molecule has 1 aromatic rings. The van der Waals surface area contributed by atoms with Crippen LogP contribution >= 0.6 is 0 Å². The summed E-state index contributed by atoms with van der Waals surface area (Å²) < 4.78 is 18.7. The molecule has 14 heavy (non-hydrogen) atoms. The summed E-state index contributed by atoms with van der Waals surface area (Å²) >= 11 is 0. The zero-order chi connectivity index (χ0) is 10.4. The predicted octanol–water partition coefficient (Wildman–Crippen LogP) is 2.82. The van der Waals surface area contributed by atoms with Crippen molar-refractivity contribution in [3.63, 3.8) is 0 Å². The third-order valence-corrected chi connectivity index (χ3v) is 1.80. The monoisotopic (exact) mass is 195 g/mol. The van der Waals surface area contributed by atoms with E-state index >= 15 is 0 Å². The van der Waals surface area contributed by atoms with Gasteiger partial charge in [-0.25, -0.2) is 4.39 Å².